The third-order valence-corrected chi connectivity index (χ3v) is 3.01. The predicted molar refractivity (Wildman–Crippen MR) is 61.1 cm³/mol. The van der Waals surface area contributed by atoms with Crippen LogP contribution in [0, 0.1) is 0 Å². The minimum absolute atomic E-state index is 0.375. The molecule has 2 unspecified atom stereocenters. The Hall–Kier alpha value is -1.63. The summed E-state index contributed by atoms with van der Waals surface area (Å²) in [4.78, 5) is 11.0. The minimum atomic E-state index is -7.49. The van der Waals surface area contributed by atoms with E-state index < -0.39 is 54.2 Å². The highest BCUT2D eigenvalue weighted by atomic mass is 19.4. The number of halogens is 12. The van der Waals surface area contributed by atoms with E-state index in [9.17, 15) is 57.5 Å². The fourth-order valence-electron chi connectivity index (χ4n) is 1.29. The molecule has 154 valence electrons. The van der Waals surface area contributed by atoms with Crippen LogP contribution in [-0.4, -0.2) is 48.6 Å². The Morgan fingerprint density at radius 1 is 0.885 bits per heavy atom. The van der Waals surface area contributed by atoms with E-state index in [0.717, 1.165) is 6.92 Å². The van der Waals surface area contributed by atoms with Crippen molar-refractivity contribution in [2.24, 2.45) is 0 Å². The van der Waals surface area contributed by atoms with Crippen LogP contribution in [-0.2, 0) is 9.53 Å². The van der Waals surface area contributed by atoms with Crippen LogP contribution in [0.25, 0.3) is 0 Å². The summed E-state index contributed by atoms with van der Waals surface area (Å²) in [5, 5.41) is 0. The molecule has 0 radical (unpaired) electrons. The molecule has 0 aliphatic heterocycles. The summed E-state index contributed by atoms with van der Waals surface area (Å²) in [6.45, 7) is 3.97. The number of hydrogen-bond donors (Lipinski definition) is 0. The van der Waals surface area contributed by atoms with Gasteiger partial charge in [-0.2, -0.15) is 39.5 Å². The van der Waals surface area contributed by atoms with E-state index >= 15 is 0 Å². The molecule has 0 saturated heterocycles. The summed E-state index contributed by atoms with van der Waals surface area (Å²) < 4.78 is 158. The molecule has 0 spiro atoms. The normalized spacial score (nSPS) is 16.4. The number of esters is 1. The van der Waals surface area contributed by atoms with Gasteiger partial charge in [-0.3, -0.25) is 0 Å². The molecular weight excluding hydrogens is 404 g/mol. The molecule has 0 aromatic heterocycles. The van der Waals surface area contributed by atoms with E-state index in [2.05, 4.69) is 11.3 Å². The fraction of sp³-hybridized carbons (Fsp3) is 0.750. The van der Waals surface area contributed by atoms with Gasteiger partial charge >= 0.3 is 36.0 Å². The first-order valence-corrected chi connectivity index (χ1v) is 6.35. The van der Waals surface area contributed by atoms with Crippen LogP contribution in [0.1, 0.15) is 13.3 Å². The van der Waals surface area contributed by atoms with Crippen LogP contribution in [0.3, 0.4) is 0 Å². The number of rotatable bonds is 9. The summed E-state index contributed by atoms with van der Waals surface area (Å²) in [6.07, 6.45) is -15.5. The molecule has 0 bridgehead atoms. The molecule has 0 aromatic carbocycles. The van der Waals surface area contributed by atoms with Crippen molar-refractivity contribution in [2.75, 3.05) is 0 Å². The zero-order valence-electron chi connectivity index (χ0n) is 12.5. The molecule has 0 aliphatic rings. The molecule has 0 aliphatic carbocycles. The van der Waals surface area contributed by atoms with Gasteiger partial charge in [0.1, 0.15) is 0 Å². The number of carbonyl (C=O) groups is 1. The van der Waals surface area contributed by atoms with Gasteiger partial charge in [0.15, 0.2) is 0 Å². The maximum Gasteiger partial charge on any atom is 0.385 e. The lowest BCUT2D eigenvalue weighted by Gasteiger charge is -2.38. The largest absolute Gasteiger partial charge is 0.421 e. The van der Waals surface area contributed by atoms with Gasteiger partial charge in [0, 0.05) is 5.57 Å². The topological polar surface area (TPSA) is 26.3 Å². The van der Waals surface area contributed by atoms with E-state index in [0.29, 0.717) is 0 Å². The highest BCUT2D eigenvalue weighted by Gasteiger charge is 2.85. The first kappa shape index (κ1) is 24.4. The standard InChI is InChI=1S/C12H10F12O2/c1-3-4(2)7(25)26-8(16)10(19,20)12(23,24)11(21,22)9(17,18)5(13)6(14)15/h5-6,8H,2-3H2,1H3. The summed E-state index contributed by atoms with van der Waals surface area (Å²) in [7, 11) is 0. The van der Waals surface area contributed by atoms with E-state index in [1.807, 2.05) is 0 Å². The number of hydrogen-bond acceptors (Lipinski definition) is 2. The van der Waals surface area contributed by atoms with Gasteiger partial charge < -0.3 is 4.74 Å². The second-order valence-corrected chi connectivity index (χ2v) is 4.81. The Kier molecular flexibility index (Phi) is 7.07. The molecule has 0 heterocycles. The van der Waals surface area contributed by atoms with Crippen molar-refractivity contribution in [3.05, 3.63) is 12.2 Å². The number of carbonyl (C=O) groups excluding carboxylic acids is 1. The van der Waals surface area contributed by atoms with Crippen LogP contribution in [0.4, 0.5) is 52.7 Å². The Morgan fingerprint density at radius 3 is 1.62 bits per heavy atom. The molecule has 0 aromatic rings. The molecule has 2 atom stereocenters. The first-order valence-electron chi connectivity index (χ1n) is 6.35. The van der Waals surface area contributed by atoms with Crippen molar-refractivity contribution in [1.29, 1.82) is 0 Å². The smallest absolute Gasteiger partial charge is 0.385 e. The van der Waals surface area contributed by atoms with Crippen LogP contribution in [0.15, 0.2) is 12.2 Å². The monoisotopic (exact) mass is 414 g/mol. The third-order valence-electron chi connectivity index (χ3n) is 3.01. The quantitative estimate of drug-likeness (QED) is 0.304. The number of ether oxygens (including phenoxy) is 1. The van der Waals surface area contributed by atoms with Gasteiger partial charge in [-0.25, -0.2) is 18.0 Å². The minimum Gasteiger partial charge on any atom is -0.421 e. The van der Waals surface area contributed by atoms with Crippen LogP contribution >= 0.6 is 0 Å². The van der Waals surface area contributed by atoms with Gasteiger partial charge in [-0.15, -0.1) is 0 Å². The SMILES string of the molecule is C=C(CC)C(=O)OC(F)C(F)(F)C(F)(F)C(F)(F)C(F)(F)C(F)C(F)F. The molecule has 0 fully saturated rings. The molecule has 0 amide bonds. The van der Waals surface area contributed by atoms with Crippen LogP contribution < -0.4 is 0 Å². The van der Waals surface area contributed by atoms with Gasteiger partial charge in [-0.05, 0) is 6.42 Å². The summed E-state index contributed by atoms with van der Waals surface area (Å²) in [5.41, 5.74) is -0.773. The number of alkyl halides is 12. The third kappa shape index (κ3) is 3.87. The van der Waals surface area contributed by atoms with E-state index in [4.69, 9.17) is 0 Å². The van der Waals surface area contributed by atoms with Crippen molar-refractivity contribution < 1.29 is 62.2 Å². The molecule has 0 N–H and O–H groups in total. The first-order chi connectivity index (χ1) is 11.4. The zero-order chi connectivity index (χ0) is 21.3. The zero-order valence-corrected chi connectivity index (χ0v) is 12.5. The Balaban J connectivity index is 5.87. The van der Waals surface area contributed by atoms with E-state index in [1.54, 1.807) is 0 Å². The van der Waals surface area contributed by atoms with Crippen LogP contribution in [0.5, 0.6) is 0 Å². The van der Waals surface area contributed by atoms with E-state index in [-0.39, 0.29) is 6.42 Å². The second-order valence-electron chi connectivity index (χ2n) is 4.81. The van der Waals surface area contributed by atoms with Crippen molar-refractivity contribution in [3.63, 3.8) is 0 Å². The predicted octanol–water partition coefficient (Wildman–Crippen LogP) is 4.94. The molecule has 2 nitrogen and oxygen atoms in total. The maximum absolute atomic E-state index is 13.3. The van der Waals surface area contributed by atoms with Crippen molar-refractivity contribution in [2.45, 2.75) is 56.0 Å². The average molecular weight is 414 g/mol. The Labute approximate surface area is 137 Å². The van der Waals surface area contributed by atoms with Crippen LogP contribution in [0.2, 0.25) is 0 Å². The van der Waals surface area contributed by atoms with Gasteiger partial charge in [-0.1, -0.05) is 13.5 Å². The van der Waals surface area contributed by atoms with Crippen molar-refractivity contribution in [1.82, 2.24) is 0 Å². The molecular formula is C12H10F12O2. The van der Waals surface area contributed by atoms with Crippen molar-refractivity contribution >= 4 is 5.97 Å². The summed E-state index contributed by atoms with van der Waals surface area (Å²) in [5.74, 6) is -30.9. The van der Waals surface area contributed by atoms with Gasteiger partial charge in [0.25, 0.3) is 6.43 Å². The fourth-order valence-corrected chi connectivity index (χ4v) is 1.29. The lowest BCUT2D eigenvalue weighted by atomic mass is 9.95. The highest BCUT2D eigenvalue weighted by Crippen LogP contribution is 2.56. The Morgan fingerprint density at radius 2 is 1.27 bits per heavy atom. The molecule has 0 saturated carbocycles. The molecule has 14 heteroatoms. The second kappa shape index (κ2) is 7.55. The highest BCUT2D eigenvalue weighted by molar-refractivity contribution is 5.87. The van der Waals surface area contributed by atoms with Crippen molar-refractivity contribution in [3.8, 4) is 0 Å². The van der Waals surface area contributed by atoms with Gasteiger partial charge in [0.2, 0.25) is 6.17 Å². The lowest BCUT2D eigenvalue weighted by Crippen LogP contribution is -2.67. The Bertz CT molecular complexity index is 530. The molecule has 26 heavy (non-hydrogen) atoms. The molecule has 0 rings (SSSR count). The van der Waals surface area contributed by atoms with E-state index in [1.165, 1.54) is 0 Å². The maximum atomic E-state index is 13.3. The van der Waals surface area contributed by atoms with Gasteiger partial charge in [0.05, 0.1) is 0 Å². The average Bonchev–Trinajstić information content (AvgIpc) is 2.51. The summed E-state index contributed by atoms with van der Waals surface area (Å²) in [6, 6.07) is 0. The lowest BCUT2D eigenvalue weighted by molar-refractivity contribution is -0.399. The summed E-state index contributed by atoms with van der Waals surface area (Å²) >= 11 is 0.